The van der Waals surface area contributed by atoms with Gasteiger partial charge < -0.3 is 15.3 Å². The minimum atomic E-state index is -1.29. The Kier molecular flexibility index (Phi) is 3.50. The molecule has 3 N–H and O–H groups in total. The van der Waals surface area contributed by atoms with E-state index in [4.69, 9.17) is 0 Å². The summed E-state index contributed by atoms with van der Waals surface area (Å²) >= 11 is 0. The first-order chi connectivity index (χ1) is 11.4. The van der Waals surface area contributed by atoms with Crippen molar-refractivity contribution in [3.63, 3.8) is 0 Å². The molecule has 128 valence electrons. The summed E-state index contributed by atoms with van der Waals surface area (Å²) < 4.78 is 0. The number of fused-ring (bicyclic) bond motifs is 5. The molecule has 0 heterocycles. The Morgan fingerprint density at radius 2 is 2.04 bits per heavy atom. The first-order valence-corrected chi connectivity index (χ1v) is 9.07. The Balaban J connectivity index is 1.73. The average molecular weight is 326 g/mol. The Hall–Kier alpha value is -1.50. The van der Waals surface area contributed by atoms with Gasteiger partial charge in [-0.25, -0.2) is 0 Å². The summed E-state index contributed by atoms with van der Waals surface area (Å²) in [7, 11) is 0. The van der Waals surface area contributed by atoms with E-state index in [0.717, 1.165) is 25.7 Å². The van der Waals surface area contributed by atoms with E-state index in [0.29, 0.717) is 29.9 Å². The maximum atomic E-state index is 11.2. The lowest BCUT2D eigenvalue weighted by Crippen LogP contribution is -2.53. The molecule has 0 radical (unpaired) electrons. The molecule has 3 unspecified atom stereocenters. The van der Waals surface area contributed by atoms with Crippen LogP contribution in [-0.4, -0.2) is 27.0 Å². The molecule has 3 aliphatic rings. The number of phenols is 1. The first kappa shape index (κ1) is 16.0. The minimum absolute atomic E-state index is 0.291. The van der Waals surface area contributed by atoms with Crippen molar-refractivity contribution in [2.45, 2.75) is 63.6 Å². The van der Waals surface area contributed by atoms with Crippen LogP contribution in [0.5, 0.6) is 5.75 Å². The maximum absolute atomic E-state index is 11.2. The first-order valence-electron chi connectivity index (χ1n) is 9.07. The van der Waals surface area contributed by atoms with Crippen LogP contribution in [0, 0.1) is 29.1 Å². The number of benzene rings is 1. The zero-order valence-corrected chi connectivity index (χ0v) is 14.4. The fourth-order valence-electron chi connectivity index (χ4n) is 6.01. The minimum Gasteiger partial charge on any atom is -0.508 e. The number of aromatic hydroxyl groups is 1. The molecule has 0 aromatic heterocycles. The quantitative estimate of drug-likeness (QED) is 0.642. The predicted molar refractivity (Wildman–Crippen MR) is 92.5 cm³/mol. The Bertz CT molecular complexity index is 730. The molecule has 1 aromatic carbocycles. The molecular weight excluding hydrogens is 300 g/mol. The molecule has 0 saturated heterocycles. The highest BCUT2D eigenvalue weighted by Gasteiger charge is 2.65. The Labute approximate surface area is 143 Å². The molecule has 2 saturated carbocycles. The zero-order valence-electron chi connectivity index (χ0n) is 14.4. The third kappa shape index (κ3) is 1.93. The van der Waals surface area contributed by atoms with Crippen molar-refractivity contribution < 1.29 is 15.3 Å². The Morgan fingerprint density at radius 1 is 1.25 bits per heavy atom. The highest BCUT2D eigenvalue weighted by atomic mass is 16.3. The Morgan fingerprint density at radius 3 is 2.79 bits per heavy atom. The van der Waals surface area contributed by atoms with Gasteiger partial charge in [0.25, 0.3) is 0 Å². The van der Waals surface area contributed by atoms with E-state index in [-0.39, 0.29) is 5.41 Å². The lowest BCUT2D eigenvalue weighted by molar-refractivity contribution is -0.101. The van der Waals surface area contributed by atoms with Gasteiger partial charge >= 0.3 is 0 Å². The van der Waals surface area contributed by atoms with Gasteiger partial charge in [0.2, 0.25) is 0 Å². The molecule has 1 aromatic rings. The highest BCUT2D eigenvalue weighted by Crippen LogP contribution is 2.64. The van der Waals surface area contributed by atoms with E-state index in [1.807, 2.05) is 6.07 Å². The van der Waals surface area contributed by atoms with Crippen LogP contribution in [0.4, 0.5) is 0 Å². The van der Waals surface area contributed by atoms with Crippen LogP contribution < -0.4 is 0 Å². The number of rotatable bonds is 0. The normalized spacial score (nSPS) is 43.2. The predicted octanol–water partition coefficient (Wildman–Crippen LogP) is 2.97. The number of aliphatic hydroxyl groups is 2. The molecule has 0 amide bonds. The van der Waals surface area contributed by atoms with Crippen LogP contribution in [-0.2, 0) is 6.42 Å². The summed E-state index contributed by atoms with van der Waals surface area (Å²) in [5, 5.41) is 31.5. The van der Waals surface area contributed by atoms with Gasteiger partial charge in [0, 0.05) is 5.41 Å². The van der Waals surface area contributed by atoms with Crippen molar-refractivity contribution in [1.82, 2.24) is 0 Å². The fourth-order valence-corrected chi connectivity index (χ4v) is 6.01. The molecule has 3 nitrogen and oxygen atoms in total. The smallest absolute Gasteiger partial charge is 0.156 e. The van der Waals surface area contributed by atoms with Crippen molar-refractivity contribution in [2.75, 3.05) is 0 Å². The van der Waals surface area contributed by atoms with E-state index in [9.17, 15) is 15.3 Å². The lowest BCUT2D eigenvalue weighted by Gasteiger charge is -2.52. The molecule has 6 atom stereocenters. The van der Waals surface area contributed by atoms with E-state index in [1.54, 1.807) is 13.0 Å². The number of aliphatic hydroxyl groups excluding tert-OH is 1. The van der Waals surface area contributed by atoms with Crippen molar-refractivity contribution in [3.8, 4) is 17.6 Å². The standard InChI is InChI=1S/C21H26O3/c1-3-9-21(24)19(23)12-18-17-6-4-13-11-14(22)5-7-15(13)16(17)8-10-20(18,21)2/h5,7,11,16-19,22-24H,4,6,8,10,12H2,1-2H3/t16?,17?,18?,19-,20+,21+/m1/s1. The van der Waals surface area contributed by atoms with Crippen LogP contribution in [0.3, 0.4) is 0 Å². The average Bonchev–Trinajstić information content (AvgIpc) is 2.75. The summed E-state index contributed by atoms with van der Waals surface area (Å²) in [4.78, 5) is 0. The summed E-state index contributed by atoms with van der Waals surface area (Å²) in [6.45, 7) is 3.86. The summed E-state index contributed by atoms with van der Waals surface area (Å²) in [5.74, 6) is 7.38. The third-order valence-electron chi connectivity index (χ3n) is 7.25. The second-order valence-electron chi connectivity index (χ2n) is 8.15. The summed E-state index contributed by atoms with van der Waals surface area (Å²) in [6, 6.07) is 5.77. The molecule has 4 rings (SSSR count). The molecule has 0 spiro atoms. The van der Waals surface area contributed by atoms with Gasteiger partial charge in [0.1, 0.15) is 5.75 Å². The number of phenolic OH excluding ortho intramolecular Hbond substituents is 1. The van der Waals surface area contributed by atoms with E-state index in [1.165, 1.54) is 11.1 Å². The highest BCUT2D eigenvalue weighted by molar-refractivity contribution is 5.41. The second kappa shape index (κ2) is 5.25. The lowest BCUT2D eigenvalue weighted by atomic mass is 9.53. The van der Waals surface area contributed by atoms with Crippen LogP contribution in [0.1, 0.15) is 56.6 Å². The number of hydrogen-bond donors (Lipinski definition) is 3. The van der Waals surface area contributed by atoms with Crippen molar-refractivity contribution >= 4 is 0 Å². The summed E-state index contributed by atoms with van der Waals surface area (Å²) in [5.41, 5.74) is 0.997. The van der Waals surface area contributed by atoms with Gasteiger partial charge in [0.15, 0.2) is 5.60 Å². The number of aryl methyl sites for hydroxylation is 1. The van der Waals surface area contributed by atoms with Gasteiger partial charge in [-0.1, -0.05) is 18.9 Å². The second-order valence-corrected chi connectivity index (χ2v) is 8.15. The maximum Gasteiger partial charge on any atom is 0.156 e. The van der Waals surface area contributed by atoms with E-state index in [2.05, 4.69) is 24.8 Å². The molecule has 2 fully saturated rings. The fraction of sp³-hybridized carbons (Fsp3) is 0.619. The van der Waals surface area contributed by atoms with Crippen molar-refractivity contribution in [1.29, 1.82) is 0 Å². The van der Waals surface area contributed by atoms with Gasteiger partial charge in [-0.2, -0.15) is 0 Å². The molecular formula is C21H26O3. The van der Waals surface area contributed by atoms with Crippen molar-refractivity contribution in [3.05, 3.63) is 29.3 Å². The van der Waals surface area contributed by atoms with Gasteiger partial charge in [0.05, 0.1) is 6.10 Å². The largest absolute Gasteiger partial charge is 0.508 e. The van der Waals surface area contributed by atoms with E-state index >= 15 is 0 Å². The van der Waals surface area contributed by atoms with Crippen LogP contribution in [0.15, 0.2) is 18.2 Å². The SMILES string of the molecule is CC#C[C@]1(O)[C@H](O)CC2C3CCc4cc(O)ccc4C3CC[C@@]21C. The number of hydrogen-bond acceptors (Lipinski definition) is 3. The molecule has 0 aliphatic heterocycles. The van der Waals surface area contributed by atoms with Gasteiger partial charge in [-0.15, -0.1) is 5.92 Å². The van der Waals surface area contributed by atoms with E-state index < -0.39 is 11.7 Å². The van der Waals surface area contributed by atoms with Crippen LogP contribution in [0.25, 0.3) is 0 Å². The monoisotopic (exact) mass is 326 g/mol. The molecule has 3 aliphatic carbocycles. The topological polar surface area (TPSA) is 60.7 Å². The molecule has 3 heteroatoms. The zero-order chi connectivity index (χ0) is 17.1. The van der Waals surface area contributed by atoms with Crippen molar-refractivity contribution in [2.24, 2.45) is 17.3 Å². The molecule has 0 bridgehead atoms. The third-order valence-corrected chi connectivity index (χ3v) is 7.25. The molecule has 24 heavy (non-hydrogen) atoms. The van der Waals surface area contributed by atoms with Crippen LogP contribution >= 0.6 is 0 Å². The van der Waals surface area contributed by atoms with Gasteiger partial charge in [-0.05, 0) is 80.0 Å². The van der Waals surface area contributed by atoms with Crippen LogP contribution in [0.2, 0.25) is 0 Å². The summed E-state index contributed by atoms with van der Waals surface area (Å²) in [6.07, 6.45) is 3.78. The van der Waals surface area contributed by atoms with Gasteiger partial charge in [-0.3, -0.25) is 0 Å².